The molecular weight excluding hydrogens is 757 g/mol. The number of fused-ring (bicyclic) bond motifs is 1. The number of carbonyl (C=O) groups is 5. The Labute approximate surface area is 343 Å². The fourth-order valence-electron chi connectivity index (χ4n) is 7.76. The number of hydrogen-bond acceptors (Lipinski definition) is 10. The zero-order valence-electron chi connectivity index (χ0n) is 34.5. The van der Waals surface area contributed by atoms with Crippen LogP contribution in [0, 0.1) is 5.92 Å². The van der Waals surface area contributed by atoms with Crippen molar-refractivity contribution in [3.8, 4) is 28.3 Å². The lowest BCUT2D eigenvalue weighted by molar-refractivity contribution is -0.135. The SMILES string of the molecule is CCC.COC(=O)NCC(=O)N1CCC[C@H]1c1ncc(-c2ccc3c(c2)OCC(c2ccc(-c4cnc([C@@H]5CCCN5C(=O)[C@@H](NC(=O)OC)C(C)C)[nH]4)cc2)C3=O)[nH]1. The summed E-state index contributed by atoms with van der Waals surface area (Å²) in [5.41, 5.74) is 4.51. The number of methoxy groups -OCH3 is 2. The summed E-state index contributed by atoms with van der Waals surface area (Å²) in [5, 5.41) is 5.12. The molecule has 0 bridgehead atoms. The average Bonchev–Trinajstić information content (AvgIpc) is 4.09. The number of ether oxygens (including phenoxy) is 3. The van der Waals surface area contributed by atoms with Crippen LogP contribution < -0.4 is 15.4 Å². The number of likely N-dealkylation sites (tertiary alicyclic amines) is 2. The maximum atomic E-state index is 13.8. The van der Waals surface area contributed by atoms with Crippen LogP contribution in [0.1, 0.15) is 105 Å². The number of nitrogens with zero attached hydrogens (tertiary/aromatic N) is 4. The smallest absolute Gasteiger partial charge is 0.407 e. The molecule has 2 fully saturated rings. The number of nitrogens with one attached hydrogen (secondary N) is 4. The maximum Gasteiger partial charge on any atom is 0.407 e. The lowest BCUT2D eigenvalue weighted by atomic mass is 9.88. The highest BCUT2D eigenvalue weighted by Gasteiger charge is 2.38. The van der Waals surface area contributed by atoms with Gasteiger partial charge in [0, 0.05) is 18.7 Å². The van der Waals surface area contributed by atoms with Crippen LogP contribution in [0.25, 0.3) is 22.5 Å². The highest BCUT2D eigenvalue weighted by atomic mass is 16.5. The lowest BCUT2D eigenvalue weighted by Crippen LogP contribution is -2.51. The number of aromatic amines is 2. The van der Waals surface area contributed by atoms with Crippen LogP contribution in [0.5, 0.6) is 5.75 Å². The Morgan fingerprint density at radius 3 is 2.03 bits per heavy atom. The van der Waals surface area contributed by atoms with Crippen molar-refractivity contribution in [2.24, 2.45) is 5.92 Å². The zero-order valence-corrected chi connectivity index (χ0v) is 34.5. The van der Waals surface area contributed by atoms with Gasteiger partial charge in [-0.2, -0.15) is 0 Å². The van der Waals surface area contributed by atoms with Gasteiger partial charge < -0.3 is 44.6 Å². The number of carbonyl (C=O) groups excluding carboxylic acids is 5. The van der Waals surface area contributed by atoms with E-state index in [0.717, 1.165) is 53.8 Å². The molecule has 0 aliphatic carbocycles. The van der Waals surface area contributed by atoms with Gasteiger partial charge in [-0.05, 0) is 54.9 Å². The van der Waals surface area contributed by atoms with Crippen molar-refractivity contribution in [1.29, 1.82) is 0 Å². The van der Waals surface area contributed by atoms with Crippen molar-refractivity contribution in [2.45, 2.75) is 83.8 Å². The van der Waals surface area contributed by atoms with Gasteiger partial charge in [0.05, 0.1) is 61.6 Å². The standard InChI is InChI=1S/C40H46N8O8.C3H8/c1-22(2)34(46-40(53)55-4)38(51)48-16-6-8-31(48)37-41-18-28(44-37)24-11-9-23(10-12-24)27-21-56-32-17-25(13-14-26(32)35(27)50)29-19-42-36(45-29)30-7-5-15-47(30)33(49)20-43-39(52)54-3;1-3-2/h9-14,17-19,22,27,30-31,34H,5-8,15-16,20-21H2,1-4H3,(H,41,44)(H,42,45)(H,43,52)(H,46,53);3H2,1-2H3/t27?,30-,31-,34-;/m0./s1. The number of aromatic nitrogens is 4. The van der Waals surface area contributed by atoms with Crippen LogP contribution in [0.3, 0.4) is 0 Å². The quantitative estimate of drug-likeness (QED) is 0.141. The molecule has 4 N–H and O–H groups in total. The molecule has 314 valence electrons. The first-order valence-electron chi connectivity index (χ1n) is 20.3. The van der Waals surface area contributed by atoms with Gasteiger partial charge in [0.25, 0.3) is 0 Å². The summed E-state index contributed by atoms with van der Waals surface area (Å²) in [6.07, 6.45) is 6.52. The zero-order chi connectivity index (χ0) is 42.2. The van der Waals surface area contributed by atoms with E-state index >= 15 is 0 Å². The Bertz CT molecular complexity index is 2130. The summed E-state index contributed by atoms with van der Waals surface area (Å²) in [6.45, 7) is 9.16. The van der Waals surface area contributed by atoms with E-state index in [2.05, 4.69) is 49.2 Å². The molecular formula is C43H54N8O8. The molecule has 2 aromatic carbocycles. The van der Waals surface area contributed by atoms with Gasteiger partial charge in [-0.15, -0.1) is 0 Å². The molecule has 4 amide bonds. The summed E-state index contributed by atoms with van der Waals surface area (Å²) in [4.78, 5) is 82.9. The van der Waals surface area contributed by atoms with Crippen molar-refractivity contribution >= 4 is 29.8 Å². The Morgan fingerprint density at radius 2 is 1.42 bits per heavy atom. The summed E-state index contributed by atoms with van der Waals surface area (Å²) < 4.78 is 15.5. The molecule has 4 aromatic rings. The third kappa shape index (κ3) is 9.42. The van der Waals surface area contributed by atoms with Gasteiger partial charge in [-0.3, -0.25) is 14.4 Å². The molecule has 2 saturated heterocycles. The molecule has 4 atom stereocenters. The normalized spacial score (nSPS) is 19.0. The van der Waals surface area contributed by atoms with Crippen molar-refractivity contribution in [3.63, 3.8) is 0 Å². The van der Waals surface area contributed by atoms with Gasteiger partial charge >= 0.3 is 12.2 Å². The molecule has 5 heterocycles. The van der Waals surface area contributed by atoms with Crippen LogP contribution in [-0.4, -0.2) is 106 Å². The lowest BCUT2D eigenvalue weighted by Gasteiger charge is -2.30. The van der Waals surface area contributed by atoms with E-state index in [1.165, 1.54) is 20.6 Å². The molecule has 3 aliphatic heterocycles. The fourth-order valence-corrected chi connectivity index (χ4v) is 7.76. The third-order valence-corrected chi connectivity index (χ3v) is 10.8. The van der Waals surface area contributed by atoms with Crippen LogP contribution in [-0.2, 0) is 19.1 Å². The van der Waals surface area contributed by atoms with E-state index in [0.29, 0.717) is 36.1 Å². The largest absolute Gasteiger partial charge is 0.492 e. The number of H-pyrrole nitrogens is 2. The van der Waals surface area contributed by atoms with Crippen molar-refractivity contribution in [1.82, 2.24) is 40.4 Å². The van der Waals surface area contributed by atoms with Crippen LogP contribution in [0.2, 0.25) is 0 Å². The van der Waals surface area contributed by atoms with Crippen molar-refractivity contribution < 1.29 is 38.2 Å². The van der Waals surface area contributed by atoms with Crippen LogP contribution >= 0.6 is 0 Å². The number of ketones is 1. The second-order valence-corrected chi connectivity index (χ2v) is 15.3. The maximum absolute atomic E-state index is 13.8. The summed E-state index contributed by atoms with van der Waals surface area (Å²) in [5.74, 6) is 0.784. The Morgan fingerprint density at radius 1 is 0.847 bits per heavy atom. The Balaban J connectivity index is 0.00000189. The molecule has 7 rings (SSSR count). The van der Waals surface area contributed by atoms with Crippen LogP contribution in [0.4, 0.5) is 9.59 Å². The first-order valence-corrected chi connectivity index (χ1v) is 20.3. The first-order chi connectivity index (χ1) is 28.5. The highest BCUT2D eigenvalue weighted by Crippen LogP contribution is 2.38. The minimum atomic E-state index is -0.714. The Kier molecular flexibility index (Phi) is 13.7. The molecule has 59 heavy (non-hydrogen) atoms. The molecule has 2 aromatic heterocycles. The first kappa shape index (κ1) is 42.4. The number of alkyl carbamates (subject to hydrolysis) is 2. The molecule has 16 nitrogen and oxygen atoms in total. The van der Waals surface area contributed by atoms with Crippen LogP contribution in [0.15, 0.2) is 54.9 Å². The number of imidazole rings is 2. The number of rotatable bonds is 10. The average molecular weight is 811 g/mol. The monoisotopic (exact) mass is 810 g/mol. The molecule has 16 heteroatoms. The topological polar surface area (TPSA) is 201 Å². The third-order valence-electron chi connectivity index (χ3n) is 10.8. The summed E-state index contributed by atoms with van der Waals surface area (Å²) >= 11 is 0. The minimum Gasteiger partial charge on any atom is -0.492 e. The summed E-state index contributed by atoms with van der Waals surface area (Å²) in [6, 6.07) is 12.0. The second-order valence-electron chi connectivity index (χ2n) is 15.3. The van der Waals surface area contributed by atoms with Crippen molar-refractivity contribution in [2.75, 3.05) is 40.5 Å². The molecule has 0 spiro atoms. The van der Waals surface area contributed by atoms with E-state index in [1.54, 1.807) is 28.3 Å². The van der Waals surface area contributed by atoms with E-state index in [4.69, 9.17) is 9.47 Å². The number of hydrogen-bond donors (Lipinski definition) is 4. The summed E-state index contributed by atoms with van der Waals surface area (Å²) in [7, 11) is 2.52. The van der Waals surface area contributed by atoms with Gasteiger partial charge in [0.15, 0.2) is 5.78 Å². The molecule has 3 aliphatic rings. The molecule has 0 saturated carbocycles. The van der Waals surface area contributed by atoms with Gasteiger partial charge in [0.1, 0.15) is 36.6 Å². The van der Waals surface area contributed by atoms with E-state index in [-0.39, 0.29) is 48.8 Å². The Hall–Kier alpha value is -6.19. The second kappa shape index (κ2) is 19.0. The van der Waals surface area contributed by atoms with E-state index in [9.17, 15) is 24.0 Å². The number of Topliss-reactive ketones (excluding diaryl/α,β-unsaturated/α-hetero) is 1. The number of benzene rings is 2. The number of amides is 4. The van der Waals surface area contributed by atoms with Gasteiger partial charge in [-0.1, -0.05) is 64.4 Å². The minimum absolute atomic E-state index is 0.0345. The molecule has 1 unspecified atom stereocenters. The van der Waals surface area contributed by atoms with Gasteiger partial charge in [-0.25, -0.2) is 19.6 Å². The van der Waals surface area contributed by atoms with E-state index < -0.39 is 24.1 Å². The predicted octanol–water partition coefficient (Wildman–Crippen LogP) is 6.31. The van der Waals surface area contributed by atoms with Crippen molar-refractivity contribution in [3.05, 3.63) is 77.6 Å². The fraction of sp³-hybridized carbons (Fsp3) is 0.465. The molecule has 0 radical (unpaired) electrons. The van der Waals surface area contributed by atoms with Gasteiger partial charge in [0.2, 0.25) is 11.8 Å². The highest BCUT2D eigenvalue weighted by molar-refractivity contribution is 6.04. The predicted molar refractivity (Wildman–Crippen MR) is 219 cm³/mol. The van der Waals surface area contributed by atoms with E-state index in [1.807, 2.05) is 50.2 Å².